The van der Waals surface area contributed by atoms with Crippen molar-refractivity contribution in [3.63, 3.8) is 0 Å². The van der Waals surface area contributed by atoms with Crippen molar-refractivity contribution in [2.75, 3.05) is 0 Å². The van der Waals surface area contributed by atoms with E-state index in [1.165, 1.54) is 0 Å². The van der Waals surface area contributed by atoms with Gasteiger partial charge in [0.05, 0.1) is 0 Å². The molecule has 0 aromatic heterocycles. The number of carbonyl (C=O) groups excluding carboxylic acids is 2. The lowest BCUT2D eigenvalue weighted by Crippen LogP contribution is -1.82. The van der Waals surface area contributed by atoms with E-state index in [4.69, 9.17) is 0 Å². The van der Waals surface area contributed by atoms with Crippen molar-refractivity contribution >= 4 is 12.6 Å². The summed E-state index contributed by atoms with van der Waals surface area (Å²) in [6.45, 7) is 9.12. The maximum absolute atomic E-state index is 10.4. The summed E-state index contributed by atoms with van der Waals surface area (Å²) in [4.78, 5) is 20.9. The molecule has 0 fully saturated rings. The molecule has 2 nitrogen and oxygen atoms in total. The van der Waals surface area contributed by atoms with Crippen LogP contribution in [0.2, 0.25) is 0 Å². The topological polar surface area (TPSA) is 34.1 Å². The molecule has 2 heteroatoms. The Morgan fingerprint density at radius 2 is 1.29 bits per heavy atom. The van der Waals surface area contributed by atoms with E-state index in [1.54, 1.807) is 32.1 Å². The van der Waals surface area contributed by atoms with Crippen LogP contribution in [0, 0.1) is 0 Å². The first-order valence-corrected chi connectivity index (χ1v) is 5.32. The Balaban J connectivity index is 5.08. The molecule has 0 amide bonds. The van der Waals surface area contributed by atoms with Gasteiger partial charge in [0, 0.05) is 0 Å². The van der Waals surface area contributed by atoms with Gasteiger partial charge in [-0.2, -0.15) is 0 Å². The van der Waals surface area contributed by atoms with Crippen molar-refractivity contribution in [1.82, 2.24) is 0 Å². The van der Waals surface area contributed by atoms with Gasteiger partial charge >= 0.3 is 0 Å². The van der Waals surface area contributed by atoms with Crippen molar-refractivity contribution in [1.29, 1.82) is 0 Å². The Morgan fingerprint density at radius 1 is 0.824 bits per heavy atom. The van der Waals surface area contributed by atoms with E-state index in [2.05, 4.69) is 6.58 Å². The zero-order chi connectivity index (χ0) is 13.3. The summed E-state index contributed by atoms with van der Waals surface area (Å²) in [5.41, 5.74) is 3.21. The van der Waals surface area contributed by atoms with Gasteiger partial charge in [-0.05, 0) is 43.1 Å². The molecule has 0 rings (SSSR count). The smallest absolute Gasteiger partial charge is 0.145 e. The molecular formula is C15H18O2. The van der Waals surface area contributed by atoms with Crippen LogP contribution in [0.4, 0.5) is 0 Å². The second-order valence-electron chi connectivity index (χ2n) is 3.73. The quantitative estimate of drug-likeness (QED) is 0.398. The van der Waals surface area contributed by atoms with E-state index >= 15 is 0 Å². The Hall–Kier alpha value is -1.96. The first kappa shape index (κ1) is 15.0. The first-order valence-electron chi connectivity index (χ1n) is 5.32. The summed E-state index contributed by atoms with van der Waals surface area (Å²) in [5.74, 6) is 0. The molecule has 0 N–H and O–H groups in total. The molecule has 17 heavy (non-hydrogen) atoms. The predicted molar refractivity (Wildman–Crippen MR) is 71.7 cm³/mol. The van der Waals surface area contributed by atoms with Gasteiger partial charge in [-0.3, -0.25) is 9.59 Å². The van der Waals surface area contributed by atoms with Crippen molar-refractivity contribution < 1.29 is 9.59 Å². The van der Waals surface area contributed by atoms with Gasteiger partial charge in [-0.1, -0.05) is 37.0 Å². The van der Waals surface area contributed by atoms with Gasteiger partial charge in [0.15, 0.2) is 0 Å². The Kier molecular flexibility index (Phi) is 7.27. The lowest BCUT2D eigenvalue weighted by Gasteiger charge is -1.99. The largest absolute Gasteiger partial charge is 0.298 e. The van der Waals surface area contributed by atoms with Crippen LogP contribution in [0.3, 0.4) is 0 Å². The lowest BCUT2D eigenvalue weighted by molar-refractivity contribution is -0.105. The van der Waals surface area contributed by atoms with E-state index in [0.717, 1.165) is 23.7 Å². The highest BCUT2D eigenvalue weighted by Crippen LogP contribution is 2.11. The zero-order valence-electron chi connectivity index (χ0n) is 10.6. The van der Waals surface area contributed by atoms with E-state index < -0.39 is 0 Å². The minimum Gasteiger partial charge on any atom is -0.298 e. The number of aldehydes is 2. The van der Waals surface area contributed by atoms with E-state index in [1.807, 2.05) is 19.1 Å². The SMILES string of the molecule is C=CC(=C\C=C(/C)C=O)/C(C)=C/C=C(\C)C=O. The highest BCUT2D eigenvalue weighted by atomic mass is 16.1. The molecule has 0 radical (unpaired) electrons. The summed E-state index contributed by atoms with van der Waals surface area (Å²) in [6.07, 6.45) is 10.5. The highest BCUT2D eigenvalue weighted by Gasteiger charge is 1.93. The average molecular weight is 230 g/mol. The number of hydrogen-bond donors (Lipinski definition) is 0. The monoisotopic (exact) mass is 230 g/mol. The van der Waals surface area contributed by atoms with Crippen LogP contribution in [0.25, 0.3) is 0 Å². The van der Waals surface area contributed by atoms with Gasteiger partial charge in [-0.15, -0.1) is 0 Å². The van der Waals surface area contributed by atoms with Crippen LogP contribution in [0.1, 0.15) is 20.8 Å². The zero-order valence-corrected chi connectivity index (χ0v) is 10.6. The third-order valence-electron chi connectivity index (χ3n) is 2.17. The van der Waals surface area contributed by atoms with Crippen LogP contribution in [0.5, 0.6) is 0 Å². The molecule has 0 aromatic carbocycles. The fourth-order valence-corrected chi connectivity index (χ4v) is 1.01. The van der Waals surface area contributed by atoms with Crippen LogP contribution in [-0.2, 0) is 9.59 Å². The summed E-state index contributed by atoms with van der Waals surface area (Å²) < 4.78 is 0. The predicted octanol–water partition coefficient (Wildman–Crippen LogP) is 3.34. The number of rotatable bonds is 6. The van der Waals surface area contributed by atoms with Crippen molar-refractivity contribution in [2.45, 2.75) is 20.8 Å². The molecule has 0 aliphatic carbocycles. The van der Waals surface area contributed by atoms with Crippen LogP contribution >= 0.6 is 0 Å². The Morgan fingerprint density at radius 3 is 1.71 bits per heavy atom. The van der Waals surface area contributed by atoms with Crippen LogP contribution < -0.4 is 0 Å². The van der Waals surface area contributed by atoms with Gasteiger partial charge in [0.2, 0.25) is 0 Å². The number of carbonyl (C=O) groups is 2. The van der Waals surface area contributed by atoms with Crippen LogP contribution in [-0.4, -0.2) is 12.6 Å². The van der Waals surface area contributed by atoms with Gasteiger partial charge in [-0.25, -0.2) is 0 Å². The van der Waals surface area contributed by atoms with Crippen molar-refractivity contribution in [3.05, 3.63) is 59.3 Å². The maximum Gasteiger partial charge on any atom is 0.145 e. The molecule has 0 unspecified atom stereocenters. The fraction of sp³-hybridized carbons (Fsp3) is 0.200. The molecule has 0 bridgehead atoms. The average Bonchev–Trinajstić information content (AvgIpc) is 2.35. The first-order chi connectivity index (χ1) is 8.04. The fourth-order valence-electron chi connectivity index (χ4n) is 1.01. The van der Waals surface area contributed by atoms with E-state index in [9.17, 15) is 9.59 Å². The van der Waals surface area contributed by atoms with Gasteiger partial charge < -0.3 is 0 Å². The highest BCUT2D eigenvalue weighted by molar-refractivity contribution is 5.73. The van der Waals surface area contributed by atoms with Crippen LogP contribution in [0.15, 0.2) is 59.3 Å². The molecule has 0 aliphatic rings. The summed E-state index contributed by atoms with van der Waals surface area (Å²) in [6, 6.07) is 0. The lowest BCUT2D eigenvalue weighted by atomic mass is 10.1. The normalized spacial score (nSPS) is 14.5. The molecule has 90 valence electrons. The molecule has 0 spiro atoms. The molecule has 0 saturated heterocycles. The minimum absolute atomic E-state index is 0.650. The third kappa shape index (κ3) is 6.25. The van der Waals surface area contributed by atoms with Gasteiger partial charge in [0.25, 0.3) is 0 Å². The standard InChI is InChI=1S/C15H18O2/c1-5-15(9-7-13(3)11-17)14(4)8-6-12(2)10-16/h5-11H,1H2,2-4H3/b12-6+,13-7+,14-8+,15-9+. The molecule has 0 heterocycles. The minimum atomic E-state index is 0.650. The second kappa shape index (κ2) is 8.22. The summed E-state index contributed by atoms with van der Waals surface area (Å²) in [5, 5.41) is 0. The number of hydrogen-bond acceptors (Lipinski definition) is 2. The molecule has 0 aliphatic heterocycles. The van der Waals surface area contributed by atoms with Gasteiger partial charge in [0.1, 0.15) is 12.6 Å². The molecule has 0 atom stereocenters. The van der Waals surface area contributed by atoms with E-state index in [-0.39, 0.29) is 0 Å². The maximum atomic E-state index is 10.4. The van der Waals surface area contributed by atoms with Crippen molar-refractivity contribution in [2.24, 2.45) is 0 Å². The molecule has 0 aromatic rings. The molecular weight excluding hydrogens is 212 g/mol. The van der Waals surface area contributed by atoms with Crippen molar-refractivity contribution in [3.8, 4) is 0 Å². The second-order valence-corrected chi connectivity index (χ2v) is 3.73. The Bertz CT molecular complexity index is 418. The molecule has 0 saturated carbocycles. The summed E-state index contributed by atoms with van der Waals surface area (Å²) >= 11 is 0. The third-order valence-corrected chi connectivity index (χ3v) is 2.17. The van der Waals surface area contributed by atoms with E-state index in [0.29, 0.717) is 11.1 Å². The Labute approximate surface area is 103 Å². The number of allylic oxidation sites excluding steroid dienone is 9. The summed E-state index contributed by atoms with van der Waals surface area (Å²) in [7, 11) is 0.